The van der Waals surface area contributed by atoms with Crippen LogP contribution in [0.5, 0.6) is 5.75 Å². The number of rotatable bonds is 4. The first-order valence-corrected chi connectivity index (χ1v) is 6.30. The highest BCUT2D eigenvalue weighted by molar-refractivity contribution is 5.40. The van der Waals surface area contributed by atoms with Crippen LogP contribution in [0.25, 0.3) is 0 Å². The van der Waals surface area contributed by atoms with Gasteiger partial charge in [0.05, 0.1) is 6.61 Å². The monoisotopic (exact) mass is 235 g/mol. The van der Waals surface area contributed by atoms with E-state index in [0.29, 0.717) is 18.3 Å². The number of methoxy groups -OCH3 is 1. The lowest BCUT2D eigenvalue weighted by atomic mass is 9.90. The molecule has 3 nitrogen and oxygen atoms in total. The van der Waals surface area contributed by atoms with Gasteiger partial charge in [0, 0.05) is 12.7 Å². The Morgan fingerprint density at radius 2 is 2.00 bits per heavy atom. The van der Waals surface area contributed by atoms with Crippen LogP contribution >= 0.6 is 0 Å². The van der Waals surface area contributed by atoms with Gasteiger partial charge in [-0.1, -0.05) is 18.2 Å². The number of piperidine rings is 1. The van der Waals surface area contributed by atoms with Gasteiger partial charge in [0.2, 0.25) is 0 Å². The molecule has 2 rings (SSSR count). The highest BCUT2D eigenvalue weighted by Gasteiger charge is 2.16. The fraction of sp³-hybridized carbons (Fsp3) is 0.571. The van der Waals surface area contributed by atoms with Crippen LogP contribution in [0.1, 0.15) is 24.0 Å². The average Bonchev–Trinajstić information content (AvgIpc) is 2.36. The first-order valence-electron chi connectivity index (χ1n) is 6.30. The summed E-state index contributed by atoms with van der Waals surface area (Å²) in [5.74, 6) is 1.12. The lowest BCUT2D eigenvalue weighted by Crippen LogP contribution is -2.28. The molecular formula is C14H21NO2. The largest absolute Gasteiger partial charge is 0.507 e. The minimum Gasteiger partial charge on any atom is -0.507 e. The van der Waals surface area contributed by atoms with E-state index in [1.165, 1.54) is 12.8 Å². The molecule has 1 aliphatic heterocycles. The van der Waals surface area contributed by atoms with E-state index >= 15 is 0 Å². The standard InChI is InChI=1S/C14H21NO2/c1-17-10-13-4-2-3-12(14(13)16)9-11-5-7-15-8-6-11/h2-4,11,15-16H,5-10H2,1H3. The second-order valence-electron chi connectivity index (χ2n) is 4.76. The van der Waals surface area contributed by atoms with Crippen LogP contribution in [-0.4, -0.2) is 25.3 Å². The predicted octanol–water partition coefficient (Wildman–Crippen LogP) is 2.08. The SMILES string of the molecule is COCc1cccc(CC2CCNCC2)c1O. The highest BCUT2D eigenvalue weighted by Crippen LogP contribution is 2.27. The molecule has 1 fully saturated rings. The number of aromatic hydroxyl groups is 1. The van der Waals surface area contributed by atoms with E-state index in [-0.39, 0.29) is 0 Å². The summed E-state index contributed by atoms with van der Waals surface area (Å²) in [5.41, 5.74) is 1.95. The normalized spacial score (nSPS) is 17.2. The van der Waals surface area contributed by atoms with Gasteiger partial charge in [-0.3, -0.25) is 0 Å². The van der Waals surface area contributed by atoms with Crippen molar-refractivity contribution in [2.45, 2.75) is 25.9 Å². The van der Waals surface area contributed by atoms with E-state index in [1.807, 2.05) is 18.2 Å². The maximum absolute atomic E-state index is 10.2. The first-order chi connectivity index (χ1) is 8.31. The molecule has 0 spiro atoms. The zero-order chi connectivity index (χ0) is 12.1. The molecule has 0 aliphatic carbocycles. The Kier molecular flexibility index (Phi) is 4.40. The third-order valence-electron chi connectivity index (χ3n) is 3.47. The number of phenols is 1. The van der Waals surface area contributed by atoms with E-state index in [0.717, 1.165) is 30.6 Å². The molecule has 1 heterocycles. The first kappa shape index (κ1) is 12.4. The Morgan fingerprint density at radius 3 is 2.71 bits per heavy atom. The third kappa shape index (κ3) is 3.20. The van der Waals surface area contributed by atoms with Gasteiger partial charge < -0.3 is 15.2 Å². The van der Waals surface area contributed by atoms with Crippen molar-refractivity contribution in [3.05, 3.63) is 29.3 Å². The van der Waals surface area contributed by atoms with Crippen molar-refractivity contribution in [2.75, 3.05) is 20.2 Å². The van der Waals surface area contributed by atoms with Crippen LogP contribution in [-0.2, 0) is 17.8 Å². The lowest BCUT2D eigenvalue weighted by Gasteiger charge is -2.23. The molecule has 17 heavy (non-hydrogen) atoms. The number of benzene rings is 1. The maximum atomic E-state index is 10.2. The van der Waals surface area contributed by atoms with E-state index in [9.17, 15) is 5.11 Å². The highest BCUT2D eigenvalue weighted by atomic mass is 16.5. The van der Waals surface area contributed by atoms with E-state index in [1.54, 1.807) is 7.11 Å². The third-order valence-corrected chi connectivity index (χ3v) is 3.47. The van der Waals surface area contributed by atoms with E-state index in [4.69, 9.17) is 4.74 Å². The van der Waals surface area contributed by atoms with Gasteiger partial charge in [0.1, 0.15) is 5.75 Å². The molecular weight excluding hydrogens is 214 g/mol. The van der Waals surface area contributed by atoms with E-state index < -0.39 is 0 Å². The Hall–Kier alpha value is -1.06. The molecule has 2 N–H and O–H groups in total. The fourth-order valence-corrected chi connectivity index (χ4v) is 2.48. The smallest absolute Gasteiger partial charge is 0.124 e. The summed E-state index contributed by atoms with van der Waals surface area (Å²) >= 11 is 0. The second-order valence-corrected chi connectivity index (χ2v) is 4.76. The summed E-state index contributed by atoms with van der Waals surface area (Å²) < 4.78 is 5.08. The van der Waals surface area contributed by atoms with Crippen molar-refractivity contribution < 1.29 is 9.84 Å². The van der Waals surface area contributed by atoms with Crippen LogP contribution in [0.15, 0.2) is 18.2 Å². The van der Waals surface area contributed by atoms with Crippen LogP contribution in [0.2, 0.25) is 0 Å². The minimum absolute atomic E-state index is 0.424. The second kappa shape index (κ2) is 6.03. The summed E-state index contributed by atoms with van der Waals surface area (Å²) in [4.78, 5) is 0. The summed E-state index contributed by atoms with van der Waals surface area (Å²) in [7, 11) is 1.65. The maximum Gasteiger partial charge on any atom is 0.124 e. The molecule has 1 aromatic rings. The van der Waals surface area contributed by atoms with Gasteiger partial charge >= 0.3 is 0 Å². The zero-order valence-corrected chi connectivity index (χ0v) is 10.4. The summed E-state index contributed by atoms with van der Waals surface area (Å²) in [6, 6.07) is 5.95. The van der Waals surface area contributed by atoms with Gasteiger partial charge in [-0.25, -0.2) is 0 Å². The molecule has 1 aliphatic rings. The van der Waals surface area contributed by atoms with Gasteiger partial charge in [-0.05, 0) is 43.8 Å². The van der Waals surface area contributed by atoms with Crippen LogP contribution in [0.3, 0.4) is 0 Å². The van der Waals surface area contributed by atoms with Gasteiger partial charge in [-0.15, -0.1) is 0 Å². The number of ether oxygens (including phenoxy) is 1. The molecule has 3 heteroatoms. The molecule has 1 aromatic carbocycles. The van der Waals surface area contributed by atoms with Gasteiger partial charge in [-0.2, -0.15) is 0 Å². The minimum atomic E-state index is 0.424. The average molecular weight is 235 g/mol. The van der Waals surface area contributed by atoms with Gasteiger partial charge in [0.15, 0.2) is 0 Å². The number of hydrogen-bond donors (Lipinski definition) is 2. The Morgan fingerprint density at radius 1 is 1.29 bits per heavy atom. The van der Waals surface area contributed by atoms with Crippen molar-refractivity contribution in [1.82, 2.24) is 5.32 Å². The summed E-state index contributed by atoms with van der Waals surface area (Å²) in [5, 5.41) is 13.5. The number of para-hydroxylation sites is 1. The lowest BCUT2D eigenvalue weighted by molar-refractivity contribution is 0.181. The molecule has 0 unspecified atom stereocenters. The number of nitrogens with one attached hydrogen (secondary N) is 1. The van der Waals surface area contributed by atoms with Crippen molar-refractivity contribution >= 4 is 0 Å². The zero-order valence-electron chi connectivity index (χ0n) is 10.4. The molecule has 94 valence electrons. The molecule has 0 aromatic heterocycles. The van der Waals surface area contributed by atoms with Crippen molar-refractivity contribution in [2.24, 2.45) is 5.92 Å². The summed E-state index contributed by atoms with van der Waals surface area (Å²) in [6.45, 7) is 2.68. The predicted molar refractivity (Wildman–Crippen MR) is 68.1 cm³/mol. The van der Waals surface area contributed by atoms with Crippen LogP contribution < -0.4 is 5.32 Å². The molecule has 0 saturated carbocycles. The molecule has 0 atom stereocenters. The molecule has 1 saturated heterocycles. The Labute approximate surface area is 103 Å². The molecule has 0 radical (unpaired) electrons. The van der Waals surface area contributed by atoms with E-state index in [2.05, 4.69) is 5.32 Å². The Bertz CT molecular complexity index is 359. The topological polar surface area (TPSA) is 41.5 Å². The Balaban J connectivity index is 2.06. The molecule has 0 bridgehead atoms. The quantitative estimate of drug-likeness (QED) is 0.839. The van der Waals surface area contributed by atoms with Crippen molar-refractivity contribution in [3.63, 3.8) is 0 Å². The summed E-state index contributed by atoms with van der Waals surface area (Å²) in [6.07, 6.45) is 3.38. The number of phenolic OH excluding ortho intramolecular Hbond substituents is 1. The van der Waals surface area contributed by atoms with Crippen molar-refractivity contribution in [3.8, 4) is 5.75 Å². The fourth-order valence-electron chi connectivity index (χ4n) is 2.48. The van der Waals surface area contributed by atoms with Crippen molar-refractivity contribution in [1.29, 1.82) is 0 Å². The van der Waals surface area contributed by atoms with Crippen LogP contribution in [0, 0.1) is 5.92 Å². The van der Waals surface area contributed by atoms with Gasteiger partial charge in [0.25, 0.3) is 0 Å². The number of hydrogen-bond acceptors (Lipinski definition) is 3. The molecule has 0 amide bonds. The van der Waals surface area contributed by atoms with Crippen LogP contribution in [0.4, 0.5) is 0 Å².